The van der Waals surface area contributed by atoms with Gasteiger partial charge < -0.3 is 19.8 Å². The second-order valence-electron chi connectivity index (χ2n) is 5.06. The summed E-state index contributed by atoms with van der Waals surface area (Å²) >= 11 is 3.40. The van der Waals surface area contributed by atoms with Crippen molar-refractivity contribution < 1.29 is 14.3 Å². The van der Waals surface area contributed by atoms with Crippen LogP contribution >= 0.6 is 15.9 Å². The Labute approximate surface area is 142 Å². The molecule has 0 aliphatic rings. The van der Waals surface area contributed by atoms with E-state index >= 15 is 0 Å². The summed E-state index contributed by atoms with van der Waals surface area (Å²) < 4.78 is 12.9. The maximum atomic E-state index is 12.1. The van der Waals surface area contributed by atoms with Gasteiger partial charge in [-0.3, -0.25) is 0 Å². The van der Waals surface area contributed by atoms with Gasteiger partial charge in [0.1, 0.15) is 11.8 Å². The van der Waals surface area contributed by atoms with Gasteiger partial charge in [-0.25, -0.2) is 4.79 Å². The highest BCUT2D eigenvalue weighted by Crippen LogP contribution is 2.32. The number of esters is 1. The van der Waals surface area contributed by atoms with E-state index in [2.05, 4.69) is 15.9 Å². The Morgan fingerprint density at radius 3 is 2.70 bits per heavy atom. The molecule has 2 aromatic rings. The average molecular weight is 378 g/mol. The number of methoxy groups -OCH3 is 1. The Bertz CT molecular complexity index is 791. The molecular weight excluding hydrogens is 362 g/mol. The number of rotatable bonds is 4. The highest BCUT2D eigenvalue weighted by atomic mass is 79.9. The lowest BCUT2D eigenvalue weighted by atomic mass is 10.2. The average Bonchev–Trinajstić information content (AvgIpc) is 2.82. The number of nitrogens with two attached hydrogens (primary N) is 1. The fourth-order valence-corrected chi connectivity index (χ4v) is 2.48. The Hall–Kier alpha value is -2.46. The molecule has 1 aromatic carbocycles. The van der Waals surface area contributed by atoms with Crippen molar-refractivity contribution in [1.29, 1.82) is 5.26 Å². The maximum Gasteiger partial charge on any atom is 0.357 e. The first-order valence-electron chi connectivity index (χ1n) is 6.84. The highest BCUT2D eigenvalue weighted by molar-refractivity contribution is 9.10. The van der Waals surface area contributed by atoms with Crippen LogP contribution in [0.25, 0.3) is 5.69 Å². The molecule has 0 saturated carbocycles. The molecule has 0 amide bonds. The predicted molar refractivity (Wildman–Crippen MR) is 89.7 cm³/mol. The second kappa shape index (κ2) is 6.75. The summed E-state index contributed by atoms with van der Waals surface area (Å²) in [4.78, 5) is 12.1. The Kier molecular flexibility index (Phi) is 4.96. The van der Waals surface area contributed by atoms with Gasteiger partial charge in [-0.1, -0.05) is 15.9 Å². The topological polar surface area (TPSA) is 90.3 Å². The van der Waals surface area contributed by atoms with E-state index in [9.17, 15) is 10.1 Å². The first-order valence-corrected chi connectivity index (χ1v) is 7.64. The molecule has 23 heavy (non-hydrogen) atoms. The van der Waals surface area contributed by atoms with E-state index in [0.717, 1.165) is 4.47 Å². The van der Waals surface area contributed by atoms with E-state index in [1.807, 2.05) is 26.0 Å². The number of hydrogen-bond acceptors (Lipinski definition) is 5. The number of nitriles is 1. The van der Waals surface area contributed by atoms with Crippen LogP contribution in [0, 0.1) is 11.3 Å². The van der Waals surface area contributed by atoms with E-state index in [1.54, 1.807) is 12.1 Å². The van der Waals surface area contributed by atoms with Gasteiger partial charge in [-0.2, -0.15) is 5.26 Å². The van der Waals surface area contributed by atoms with Crippen molar-refractivity contribution in [1.82, 2.24) is 4.57 Å². The molecule has 0 atom stereocenters. The van der Waals surface area contributed by atoms with E-state index in [1.165, 1.54) is 17.9 Å². The number of carbonyl (C=O) groups is 1. The number of hydrogen-bond donors (Lipinski definition) is 1. The Balaban J connectivity index is 2.72. The third-order valence-corrected chi connectivity index (χ3v) is 3.58. The number of nitrogens with zero attached hydrogens (tertiary/aromatic N) is 2. The van der Waals surface area contributed by atoms with Crippen molar-refractivity contribution in [3.63, 3.8) is 0 Å². The van der Waals surface area contributed by atoms with Crippen molar-refractivity contribution >= 4 is 27.6 Å². The zero-order chi connectivity index (χ0) is 17.1. The van der Waals surface area contributed by atoms with Gasteiger partial charge in [-0.15, -0.1) is 0 Å². The van der Waals surface area contributed by atoms with Crippen LogP contribution in [-0.4, -0.2) is 23.8 Å². The number of anilines is 1. The van der Waals surface area contributed by atoms with Crippen LogP contribution in [0.4, 0.5) is 5.69 Å². The molecule has 2 rings (SSSR count). The summed E-state index contributed by atoms with van der Waals surface area (Å²) in [6, 6.07) is 7.35. The lowest BCUT2D eigenvalue weighted by Gasteiger charge is -2.17. The molecule has 6 nitrogen and oxygen atoms in total. The first kappa shape index (κ1) is 16.9. The minimum atomic E-state index is -0.623. The van der Waals surface area contributed by atoms with E-state index in [0.29, 0.717) is 11.4 Å². The molecule has 1 aromatic heterocycles. The van der Waals surface area contributed by atoms with Crippen LogP contribution in [0.15, 0.2) is 28.9 Å². The van der Waals surface area contributed by atoms with Crippen molar-refractivity contribution in [2.45, 2.75) is 20.0 Å². The standard InChI is InChI=1S/C16H16BrN3O3/c1-9(2)23-13-6-11(17)4-5-12(13)20-8-10(7-18)14(19)15(20)16(21)22-3/h4-6,8-9H,19H2,1-3H3. The normalized spacial score (nSPS) is 10.4. The minimum Gasteiger partial charge on any atom is -0.489 e. The molecular formula is C16H16BrN3O3. The number of ether oxygens (including phenoxy) is 2. The van der Waals surface area contributed by atoms with Crippen molar-refractivity contribution in [2.75, 3.05) is 12.8 Å². The van der Waals surface area contributed by atoms with Crippen LogP contribution in [-0.2, 0) is 4.74 Å². The molecule has 0 aliphatic heterocycles. The second-order valence-corrected chi connectivity index (χ2v) is 5.97. The highest BCUT2D eigenvalue weighted by Gasteiger charge is 2.23. The van der Waals surface area contributed by atoms with Crippen LogP contribution in [0.5, 0.6) is 5.75 Å². The van der Waals surface area contributed by atoms with Gasteiger partial charge >= 0.3 is 5.97 Å². The third-order valence-electron chi connectivity index (χ3n) is 3.09. The number of halogens is 1. The third kappa shape index (κ3) is 3.32. The molecule has 1 heterocycles. The lowest BCUT2D eigenvalue weighted by molar-refractivity contribution is 0.0593. The van der Waals surface area contributed by atoms with Gasteiger partial charge in [0.15, 0.2) is 5.69 Å². The molecule has 7 heteroatoms. The van der Waals surface area contributed by atoms with Gasteiger partial charge in [0.25, 0.3) is 0 Å². The zero-order valence-electron chi connectivity index (χ0n) is 13.0. The predicted octanol–water partition coefficient (Wildman–Crippen LogP) is 3.27. The van der Waals surface area contributed by atoms with Crippen molar-refractivity contribution in [2.24, 2.45) is 0 Å². The van der Waals surface area contributed by atoms with E-state index in [-0.39, 0.29) is 23.0 Å². The maximum absolute atomic E-state index is 12.1. The monoisotopic (exact) mass is 377 g/mol. The largest absolute Gasteiger partial charge is 0.489 e. The molecule has 0 aliphatic carbocycles. The summed E-state index contributed by atoms with van der Waals surface area (Å²) in [6.45, 7) is 3.80. The van der Waals surface area contributed by atoms with Crippen LogP contribution in [0.1, 0.15) is 29.9 Å². The molecule has 0 unspecified atom stereocenters. The fourth-order valence-electron chi connectivity index (χ4n) is 2.14. The van der Waals surface area contributed by atoms with Crippen molar-refractivity contribution in [3.05, 3.63) is 40.1 Å². The Morgan fingerprint density at radius 1 is 1.43 bits per heavy atom. The summed E-state index contributed by atoms with van der Waals surface area (Å²) in [5.74, 6) is -0.0681. The van der Waals surface area contributed by atoms with Gasteiger partial charge in [0, 0.05) is 10.7 Å². The van der Waals surface area contributed by atoms with Gasteiger partial charge in [0.05, 0.1) is 30.2 Å². The lowest BCUT2D eigenvalue weighted by Crippen LogP contribution is -2.13. The quantitative estimate of drug-likeness (QED) is 0.825. The van der Waals surface area contributed by atoms with Crippen molar-refractivity contribution in [3.8, 4) is 17.5 Å². The SMILES string of the molecule is COC(=O)c1c(N)c(C#N)cn1-c1ccc(Br)cc1OC(C)C. The number of carbonyl (C=O) groups excluding carboxylic acids is 1. The summed E-state index contributed by atoms with van der Waals surface area (Å²) in [5, 5.41) is 9.18. The zero-order valence-corrected chi connectivity index (χ0v) is 14.5. The van der Waals surface area contributed by atoms with E-state index in [4.69, 9.17) is 15.2 Å². The van der Waals surface area contributed by atoms with Crippen LogP contribution in [0.3, 0.4) is 0 Å². The molecule has 0 fully saturated rings. The number of aromatic nitrogens is 1. The summed E-state index contributed by atoms with van der Waals surface area (Å²) in [6.07, 6.45) is 1.44. The summed E-state index contributed by atoms with van der Waals surface area (Å²) in [5.41, 5.74) is 6.88. The molecule has 120 valence electrons. The number of nitrogen functional groups attached to an aromatic ring is 1. The molecule has 0 spiro atoms. The number of benzene rings is 1. The van der Waals surface area contributed by atoms with E-state index < -0.39 is 5.97 Å². The van der Waals surface area contributed by atoms with Gasteiger partial charge in [-0.05, 0) is 32.0 Å². The molecule has 0 bridgehead atoms. The molecule has 0 saturated heterocycles. The smallest absolute Gasteiger partial charge is 0.357 e. The Morgan fingerprint density at radius 2 is 2.13 bits per heavy atom. The van der Waals surface area contributed by atoms with Crippen LogP contribution < -0.4 is 10.5 Å². The fraction of sp³-hybridized carbons (Fsp3) is 0.250. The minimum absolute atomic E-state index is 0.0621. The van der Waals surface area contributed by atoms with Crippen LogP contribution in [0.2, 0.25) is 0 Å². The van der Waals surface area contributed by atoms with Gasteiger partial charge in [0.2, 0.25) is 0 Å². The molecule has 2 N–H and O–H groups in total. The molecule has 0 radical (unpaired) electrons. The summed E-state index contributed by atoms with van der Waals surface area (Å²) in [7, 11) is 1.26. The first-order chi connectivity index (χ1) is 10.9.